The summed E-state index contributed by atoms with van der Waals surface area (Å²) in [6.45, 7) is 16.5. The van der Waals surface area contributed by atoms with E-state index in [1.165, 1.54) is 11.1 Å². The molecule has 8 heteroatoms. The lowest BCUT2D eigenvalue weighted by Gasteiger charge is -2.49. The van der Waals surface area contributed by atoms with E-state index >= 15 is 0 Å². The third kappa shape index (κ3) is 9.51. The lowest BCUT2D eigenvalue weighted by molar-refractivity contribution is -0.273. The fraction of sp³-hybridized carbons (Fsp3) is 0.652. The number of aliphatic hydroxyl groups excluding tert-OH is 1. The van der Waals surface area contributed by atoms with Crippen molar-refractivity contribution in [1.29, 1.82) is 0 Å². The van der Waals surface area contributed by atoms with Crippen molar-refractivity contribution in [2.75, 3.05) is 5.73 Å². The number of hydrogen-bond acceptors (Lipinski definition) is 8. The summed E-state index contributed by atoms with van der Waals surface area (Å²) in [6, 6.07) is 7.88. The van der Waals surface area contributed by atoms with Crippen LogP contribution in [0.5, 0.6) is 0 Å². The largest absolute Gasteiger partial charge is 0.399 e. The molecule has 4 N–H and O–H groups in total. The number of aliphatic hydroxyl groups is 2. The summed E-state index contributed by atoms with van der Waals surface area (Å²) < 4.78 is 34.5. The monoisotopic (exact) mass is 745 g/mol. The molecule has 0 saturated carbocycles. The summed E-state index contributed by atoms with van der Waals surface area (Å²) in [5.74, 6) is 0.309. The van der Waals surface area contributed by atoms with Crippen molar-refractivity contribution in [1.82, 2.24) is 0 Å². The molecule has 5 aliphatic rings. The second-order valence-corrected chi connectivity index (χ2v) is 17.6. The van der Waals surface area contributed by atoms with Gasteiger partial charge in [0.25, 0.3) is 0 Å². The number of rotatable bonds is 10. The van der Waals surface area contributed by atoms with Crippen LogP contribution in [0.1, 0.15) is 118 Å². The maximum absolute atomic E-state index is 11.8. The Morgan fingerprint density at radius 1 is 0.907 bits per heavy atom. The number of hydrogen-bond donors (Lipinski definition) is 3. The number of anilines is 1. The fourth-order valence-corrected chi connectivity index (χ4v) is 9.50. The summed E-state index contributed by atoms with van der Waals surface area (Å²) in [4.78, 5) is 0. The lowest BCUT2D eigenvalue weighted by atomic mass is 9.79. The third-order valence-electron chi connectivity index (χ3n) is 13.1. The zero-order chi connectivity index (χ0) is 38.7. The van der Waals surface area contributed by atoms with Gasteiger partial charge in [0.1, 0.15) is 6.10 Å². The molecule has 5 saturated heterocycles. The van der Waals surface area contributed by atoms with Gasteiger partial charge < -0.3 is 39.6 Å². The van der Waals surface area contributed by atoms with Gasteiger partial charge in [-0.3, -0.25) is 0 Å². The highest BCUT2D eigenvalue weighted by molar-refractivity contribution is 5.57. The number of ether oxygens (including phenoxy) is 5. The molecule has 54 heavy (non-hydrogen) atoms. The second kappa shape index (κ2) is 17.3. The maximum Gasteiger partial charge on any atom is 0.111 e. The van der Waals surface area contributed by atoms with Crippen LogP contribution >= 0.6 is 0 Å². The van der Waals surface area contributed by atoms with E-state index in [0.717, 1.165) is 62.6 Å². The molecule has 0 radical (unpaired) electrons. The first kappa shape index (κ1) is 41.1. The molecular weight excluding hydrogens is 679 g/mol. The van der Waals surface area contributed by atoms with Gasteiger partial charge >= 0.3 is 0 Å². The normalized spacial score (nSPS) is 41.9. The van der Waals surface area contributed by atoms with Crippen LogP contribution in [-0.4, -0.2) is 82.0 Å². The van der Waals surface area contributed by atoms with E-state index in [4.69, 9.17) is 29.4 Å². The van der Waals surface area contributed by atoms with Crippen molar-refractivity contribution in [2.45, 2.75) is 184 Å². The molecule has 8 nitrogen and oxygen atoms in total. The van der Waals surface area contributed by atoms with E-state index in [1.807, 2.05) is 37.3 Å². The van der Waals surface area contributed by atoms with E-state index in [2.05, 4.69) is 71.6 Å². The quantitative estimate of drug-likeness (QED) is 0.161. The molecule has 0 amide bonds. The number of nitrogens with two attached hydrogens (primary N) is 1. The Balaban J connectivity index is 1.07. The van der Waals surface area contributed by atoms with Crippen molar-refractivity contribution >= 4 is 11.8 Å². The Bertz CT molecular complexity index is 1570. The van der Waals surface area contributed by atoms with Crippen LogP contribution < -0.4 is 5.73 Å². The predicted molar refractivity (Wildman–Crippen MR) is 216 cm³/mol. The molecular formula is C46H67NO7. The Hall–Kier alpha value is -2.56. The van der Waals surface area contributed by atoms with Crippen LogP contribution in [0.3, 0.4) is 0 Å². The highest BCUT2D eigenvalue weighted by atomic mass is 16.6. The van der Waals surface area contributed by atoms with E-state index < -0.39 is 29.0 Å². The molecule has 0 aliphatic carbocycles. The summed E-state index contributed by atoms with van der Waals surface area (Å²) in [6.07, 6.45) is 20.3. The van der Waals surface area contributed by atoms with Gasteiger partial charge in [0.2, 0.25) is 0 Å². The summed E-state index contributed by atoms with van der Waals surface area (Å²) in [5.41, 5.74) is 8.12. The topological polar surface area (TPSA) is 113 Å². The molecule has 13 unspecified atom stereocenters. The lowest BCUT2D eigenvalue weighted by Crippen LogP contribution is -2.59. The van der Waals surface area contributed by atoms with Crippen molar-refractivity contribution in [3.8, 4) is 0 Å². The number of fused-ring (bicyclic) bond motifs is 4. The average Bonchev–Trinajstić information content (AvgIpc) is 3.38. The molecule has 0 bridgehead atoms. The van der Waals surface area contributed by atoms with Gasteiger partial charge in [-0.15, -0.1) is 0 Å². The van der Waals surface area contributed by atoms with Crippen molar-refractivity contribution < 1.29 is 33.9 Å². The Kier molecular flexibility index (Phi) is 13.2. The average molecular weight is 746 g/mol. The van der Waals surface area contributed by atoms with E-state index in [-0.39, 0.29) is 42.7 Å². The number of allylic oxidation sites excluding steroid dienone is 8. The van der Waals surface area contributed by atoms with E-state index in [9.17, 15) is 10.2 Å². The minimum atomic E-state index is -0.926. The van der Waals surface area contributed by atoms with Crippen LogP contribution in [0.25, 0.3) is 6.08 Å². The molecule has 13 atom stereocenters. The standard InChI is InChI=1S/C46H67NO7/c1-8-9-10-11-21-40-44(5,49)24-22-37-38(50-40)23-25-45(6)42(51-37)28-39-43(54-45)35(48)29-46(7)41(52-39)26-32(4)36(53-46)20-13-16-31(3)30(2)15-12-17-33-18-14-19-34(47)27-33/h8-10,12,14-19,27,32,35-43,48-49H,1,11,13,20-26,28-29,47H2,2-7H3/b10-9-,17-12-,30-15+,31-16+. The summed E-state index contributed by atoms with van der Waals surface area (Å²) >= 11 is 0. The van der Waals surface area contributed by atoms with Gasteiger partial charge in [-0.25, -0.2) is 0 Å². The Morgan fingerprint density at radius 2 is 1.65 bits per heavy atom. The Labute approximate surface area is 324 Å². The highest BCUT2D eigenvalue weighted by Crippen LogP contribution is 2.49. The molecule has 1 aromatic carbocycles. The predicted octanol–water partition coefficient (Wildman–Crippen LogP) is 8.57. The van der Waals surface area contributed by atoms with E-state index in [1.54, 1.807) is 6.08 Å². The summed E-state index contributed by atoms with van der Waals surface area (Å²) in [5, 5.41) is 23.2. The van der Waals surface area contributed by atoms with Gasteiger partial charge in [-0.2, -0.15) is 0 Å². The van der Waals surface area contributed by atoms with Crippen LogP contribution in [0.2, 0.25) is 0 Å². The van der Waals surface area contributed by atoms with Gasteiger partial charge in [0.05, 0.1) is 65.6 Å². The zero-order valence-electron chi connectivity index (χ0n) is 33.6. The fourth-order valence-electron chi connectivity index (χ4n) is 9.50. The molecule has 0 aromatic heterocycles. The summed E-state index contributed by atoms with van der Waals surface area (Å²) in [7, 11) is 0. The van der Waals surface area contributed by atoms with Gasteiger partial charge in [0.15, 0.2) is 0 Å². The van der Waals surface area contributed by atoms with Crippen LogP contribution in [0.15, 0.2) is 78.4 Å². The zero-order valence-corrected chi connectivity index (χ0v) is 33.6. The van der Waals surface area contributed by atoms with Crippen molar-refractivity contribution in [3.63, 3.8) is 0 Å². The van der Waals surface area contributed by atoms with Crippen molar-refractivity contribution in [3.05, 3.63) is 84.0 Å². The van der Waals surface area contributed by atoms with Gasteiger partial charge in [0, 0.05) is 18.5 Å². The second-order valence-electron chi connectivity index (χ2n) is 17.6. The minimum absolute atomic E-state index is 0.0676. The van der Waals surface area contributed by atoms with Crippen LogP contribution in [0, 0.1) is 5.92 Å². The van der Waals surface area contributed by atoms with Gasteiger partial charge in [-0.05, 0) is 122 Å². The molecule has 6 rings (SSSR count). The maximum atomic E-state index is 11.8. The number of benzene rings is 1. The van der Waals surface area contributed by atoms with Crippen LogP contribution in [0.4, 0.5) is 5.69 Å². The third-order valence-corrected chi connectivity index (χ3v) is 13.1. The molecule has 5 aliphatic heterocycles. The molecule has 5 heterocycles. The highest BCUT2D eigenvalue weighted by Gasteiger charge is 2.58. The number of nitrogen functional groups attached to an aromatic ring is 1. The van der Waals surface area contributed by atoms with Gasteiger partial charge in [-0.1, -0.05) is 73.7 Å². The molecule has 0 spiro atoms. The first-order chi connectivity index (χ1) is 25.7. The SMILES string of the molecule is C=C/C=C\CCC1OC2CCC3(C)OC4C(O)CC5(C)OC(CC/C=C(C)/C(C)=C/C=C\c6cccc(N)c6)C(C)CC5OC4CC3OC2CCC1(C)O. The van der Waals surface area contributed by atoms with Crippen LogP contribution in [-0.2, 0) is 23.7 Å². The first-order valence-corrected chi connectivity index (χ1v) is 20.6. The minimum Gasteiger partial charge on any atom is -0.399 e. The first-order valence-electron chi connectivity index (χ1n) is 20.6. The molecule has 1 aromatic rings. The smallest absolute Gasteiger partial charge is 0.111 e. The molecule has 298 valence electrons. The van der Waals surface area contributed by atoms with E-state index in [0.29, 0.717) is 25.2 Å². The van der Waals surface area contributed by atoms with Crippen molar-refractivity contribution in [2.24, 2.45) is 5.92 Å². The molecule has 5 fully saturated rings. The Morgan fingerprint density at radius 3 is 2.43 bits per heavy atom.